The number of nitrogens with one attached hydrogen (secondary N) is 1. The maximum atomic E-state index is 13.3. The standard InChI is InChI=1S/C14H23FN2O/c1-3-7-16-11-12-10-13(15)5-6-14(12)17(4-2)8-9-18/h5-6,10,16,18H,3-4,7-9,11H2,1-2H3. The van der Waals surface area contributed by atoms with Gasteiger partial charge in [-0.1, -0.05) is 6.92 Å². The predicted octanol–water partition coefficient (Wildman–Crippen LogP) is 2.14. The molecule has 2 N–H and O–H groups in total. The summed E-state index contributed by atoms with van der Waals surface area (Å²) in [5, 5.41) is 12.3. The van der Waals surface area contributed by atoms with Crippen molar-refractivity contribution >= 4 is 5.69 Å². The minimum atomic E-state index is -0.216. The van der Waals surface area contributed by atoms with E-state index in [0.717, 1.165) is 30.8 Å². The highest BCUT2D eigenvalue weighted by Gasteiger charge is 2.10. The number of anilines is 1. The van der Waals surface area contributed by atoms with Crippen LogP contribution in [0.3, 0.4) is 0 Å². The molecule has 3 nitrogen and oxygen atoms in total. The lowest BCUT2D eigenvalue weighted by Gasteiger charge is -2.25. The van der Waals surface area contributed by atoms with E-state index in [9.17, 15) is 4.39 Å². The molecule has 102 valence electrons. The van der Waals surface area contributed by atoms with Crippen LogP contribution < -0.4 is 10.2 Å². The molecule has 0 atom stereocenters. The van der Waals surface area contributed by atoms with Gasteiger partial charge >= 0.3 is 0 Å². The van der Waals surface area contributed by atoms with E-state index in [-0.39, 0.29) is 12.4 Å². The molecule has 0 aromatic heterocycles. The number of aliphatic hydroxyl groups excluding tert-OH is 1. The van der Waals surface area contributed by atoms with Crippen molar-refractivity contribution in [1.29, 1.82) is 0 Å². The second-order valence-corrected chi connectivity index (χ2v) is 4.25. The van der Waals surface area contributed by atoms with E-state index in [4.69, 9.17) is 5.11 Å². The molecule has 0 spiro atoms. The van der Waals surface area contributed by atoms with Crippen molar-refractivity contribution in [2.75, 3.05) is 31.1 Å². The summed E-state index contributed by atoms with van der Waals surface area (Å²) in [6.07, 6.45) is 1.05. The zero-order valence-corrected chi connectivity index (χ0v) is 11.2. The van der Waals surface area contributed by atoms with Gasteiger partial charge in [-0.2, -0.15) is 0 Å². The lowest BCUT2D eigenvalue weighted by atomic mass is 10.1. The number of likely N-dealkylation sites (N-methyl/N-ethyl adjacent to an activating group) is 1. The summed E-state index contributed by atoms with van der Waals surface area (Å²) in [6, 6.07) is 4.83. The first-order valence-corrected chi connectivity index (χ1v) is 6.57. The summed E-state index contributed by atoms with van der Waals surface area (Å²) < 4.78 is 13.3. The van der Waals surface area contributed by atoms with Crippen LogP contribution >= 0.6 is 0 Å². The van der Waals surface area contributed by atoms with E-state index in [1.165, 1.54) is 6.07 Å². The fourth-order valence-electron chi connectivity index (χ4n) is 1.97. The average Bonchev–Trinajstić information content (AvgIpc) is 2.37. The summed E-state index contributed by atoms with van der Waals surface area (Å²) in [4.78, 5) is 2.06. The lowest BCUT2D eigenvalue weighted by molar-refractivity contribution is 0.302. The summed E-state index contributed by atoms with van der Waals surface area (Å²) in [5.41, 5.74) is 1.94. The molecule has 18 heavy (non-hydrogen) atoms. The van der Waals surface area contributed by atoms with Crippen LogP contribution in [0.25, 0.3) is 0 Å². The summed E-state index contributed by atoms with van der Waals surface area (Å²) in [6.45, 7) is 7.18. The van der Waals surface area contributed by atoms with Gasteiger partial charge in [0.1, 0.15) is 5.82 Å². The second-order valence-electron chi connectivity index (χ2n) is 4.25. The topological polar surface area (TPSA) is 35.5 Å². The fraction of sp³-hybridized carbons (Fsp3) is 0.571. The molecule has 0 aliphatic rings. The zero-order valence-electron chi connectivity index (χ0n) is 11.2. The second kappa shape index (κ2) is 8.06. The maximum Gasteiger partial charge on any atom is 0.123 e. The van der Waals surface area contributed by atoms with Crippen LogP contribution in [-0.2, 0) is 6.54 Å². The third-order valence-corrected chi connectivity index (χ3v) is 2.88. The van der Waals surface area contributed by atoms with Crippen LogP contribution in [0.15, 0.2) is 18.2 Å². The molecular formula is C14H23FN2O. The number of rotatable bonds is 8. The fourth-order valence-corrected chi connectivity index (χ4v) is 1.97. The summed E-state index contributed by atoms with van der Waals surface area (Å²) in [5.74, 6) is -0.216. The van der Waals surface area contributed by atoms with Crippen LogP contribution in [0.1, 0.15) is 25.8 Å². The molecule has 1 aromatic carbocycles. The molecule has 0 fully saturated rings. The summed E-state index contributed by atoms with van der Waals surface area (Å²) in [7, 11) is 0. The minimum Gasteiger partial charge on any atom is -0.395 e. The first-order valence-electron chi connectivity index (χ1n) is 6.57. The Morgan fingerprint density at radius 3 is 2.72 bits per heavy atom. The molecule has 0 saturated carbocycles. The Bertz CT molecular complexity index is 358. The van der Waals surface area contributed by atoms with Gasteiger partial charge in [-0.3, -0.25) is 0 Å². The van der Waals surface area contributed by atoms with Crippen LogP contribution in [0.5, 0.6) is 0 Å². The molecular weight excluding hydrogens is 231 g/mol. The molecule has 0 radical (unpaired) electrons. The quantitative estimate of drug-likeness (QED) is 0.698. The van der Waals surface area contributed by atoms with Crippen LogP contribution in [0.2, 0.25) is 0 Å². The molecule has 0 bridgehead atoms. The monoisotopic (exact) mass is 254 g/mol. The Morgan fingerprint density at radius 1 is 1.33 bits per heavy atom. The van der Waals surface area contributed by atoms with E-state index < -0.39 is 0 Å². The molecule has 0 heterocycles. The van der Waals surface area contributed by atoms with Gasteiger partial charge in [-0.25, -0.2) is 4.39 Å². The van der Waals surface area contributed by atoms with E-state index in [2.05, 4.69) is 17.1 Å². The molecule has 0 saturated heterocycles. The zero-order chi connectivity index (χ0) is 13.4. The van der Waals surface area contributed by atoms with Gasteiger partial charge in [0.05, 0.1) is 6.61 Å². The van der Waals surface area contributed by atoms with Crippen molar-refractivity contribution < 1.29 is 9.50 Å². The largest absolute Gasteiger partial charge is 0.395 e. The van der Waals surface area contributed by atoms with Gasteiger partial charge in [0.15, 0.2) is 0 Å². The van der Waals surface area contributed by atoms with E-state index >= 15 is 0 Å². The SMILES string of the molecule is CCCNCc1cc(F)ccc1N(CC)CCO. The summed E-state index contributed by atoms with van der Waals surface area (Å²) >= 11 is 0. The van der Waals surface area contributed by atoms with Crippen molar-refractivity contribution in [1.82, 2.24) is 5.32 Å². The van der Waals surface area contributed by atoms with Gasteiger partial charge < -0.3 is 15.3 Å². The van der Waals surface area contributed by atoms with E-state index in [0.29, 0.717) is 13.1 Å². The smallest absolute Gasteiger partial charge is 0.123 e. The first kappa shape index (κ1) is 14.9. The highest BCUT2D eigenvalue weighted by molar-refractivity contribution is 5.53. The predicted molar refractivity (Wildman–Crippen MR) is 73.4 cm³/mol. The Kier molecular flexibility index (Phi) is 6.68. The van der Waals surface area contributed by atoms with Gasteiger partial charge in [0.25, 0.3) is 0 Å². The van der Waals surface area contributed by atoms with Crippen molar-refractivity contribution in [3.8, 4) is 0 Å². The van der Waals surface area contributed by atoms with Gasteiger partial charge in [0, 0.05) is 25.3 Å². The molecule has 0 aliphatic carbocycles. The van der Waals surface area contributed by atoms with Gasteiger partial charge in [-0.05, 0) is 43.7 Å². The van der Waals surface area contributed by atoms with Gasteiger partial charge in [0.2, 0.25) is 0 Å². The number of aliphatic hydroxyl groups is 1. The number of halogens is 1. The molecule has 0 unspecified atom stereocenters. The highest BCUT2D eigenvalue weighted by Crippen LogP contribution is 2.21. The van der Waals surface area contributed by atoms with Gasteiger partial charge in [-0.15, -0.1) is 0 Å². The molecule has 1 aromatic rings. The van der Waals surface area contributed by atoms with Crippen LogP contribution in [0.4, 0.5) is 10.1 Å². The molecule has 1 rings (SSSR count). The lowest BCUT2D eigenvalue weighted by Crippen LogP contribution is -2.28. The Hall–Kier alpha value is -1.13. The number of nitrogens with zero attached hydrogens (tertiary/aromatic N) is 1. The Labute approximate surface area is 109 Å². The van der Waals surface area contributed by atoms with Crippen LogP contribution in [0, 0.1) is 5.82 Å². The van der Waals surface area contributed by atoms with E-state index in [1.54, 1.807) is 12.1 Å². The number of benzene rings is 1. The average molecular weight is 254 g/mol. The van der Waals surface area contributed by atoms with Crippen LogP contribution in [-0.4, -0.2) is 31.3 Å². The molecule has 4 heteroatoms. The van der Waals surface area contributed by atoms with Crippen molar-refractivity contribution in [2.45, 2.75) is 26.8 Å². The Morgan fingerprint density at radius 2 is 2.11 bits per heavy atom. The molecule has 0 aliphatic heterocycles. The normalized spacial score (nSPS) is 10.7. The van der Waals surface area contributed by atoms with Crippen molar-refractivity contribution in [2.24, 2.45) is 0 Å². The third-order valence-electron chi connectivity index (χ3n) is 2.88. The minimum absolute atomic E-state index is 0.104. The number of hydrogen-bond acceptors (Lipinski definition) is 3. The highest BCUT2D eigenvalue weighted by atomic mass is 19.1. The first-order chi connectivity index (χ1) is 8.72. The third kappa shape index (κ3) is 4.27. The maximum absolute atomic E-state index is 13.3. The molecule has 0 amide bonds. The van der Waals surface area contributed by atoms with Crippen molar-refractivity contribution in [3.05, 3.63) is 29.6 Å². The van der Waals surface area contributed by atoms with E-state index in [1.807, 2.05) is 6.92 Å². The Balaban J connectivity index is 2.86. The number of hydrogen-bond donors (Lipinski definition) is 2. The van der Waals surface area contributed by atoms with Crippen molar-refractivity contribution in [3.63, 3.8) is 0 Å².